The van der Waals surface area contributed by atoms with Crippen LogP contribution in [0.3, 0.4) is 0 Å². The molecule has 0 amide bonds. The van der Waals surface area contributed by atoms with Crippen molar-refractivity contribution in [2.24, 2.45) is 5.73 Å². The normalized spacial score (nSPS) is 12.1. The van der Waals surface area contributed by atoms with E-state index in [9.17, 15) is 4.79 Å². The van der Waals surface area contributed by atoms with Crippen molar-refractivity contribution in [1.82, 2.24) is 9.97 Å². The van der Waals surface area contributed by atoms with Crippen LogP contribution in [0.1, 0.15) is 22.8 Å². The fourth-order valence-corrected chi connectivity index (χ4v) is 4.12. The molecule has 0 unspecified atom stereocenters. The van der Waals surface area contributed by atoms with Gasteiger partial charge >= 0.3 is 0 Å². The van der Waals surface area contributed by atoms with Gasteiger partial charge in [0.05, 0.1) is 24.4 Å². The monoisotopic (exact) mass is 451 g/mol. The topological polar surface area (TPSA) is 94.1 Å². The molecule has 5 aromatic rings. The van der Waals surface area contributed by atoms with E-state index in [2.05, 4.69) is 22.1 Å². The van der Waals surface area contributed by atoms with E-state index < -0.39 is 0 Å². The van der Waals surface area contributed by atoms with Gasteiger partial charge in [0, 0.05) is 39.8 Å². The summed E-state index contributed by atoms with van der Waals surface area (Å²) in [6.45, 7) is 1.90. The number of hydrogen-bond acceptors (Lipinski definition) is 5. The van der Waals surface area contributed by atoms with Gasteiger partial charge in [0.1, 0.15) is 12.4 Å². The summed E-state index contributed by atoms with van der Waals surface area (Å²) in [6, 6.07) is 19.3. The number of benzene rings is 2. The quantitative estimate of drug-likeness (QED) is 0.298. The number of pyridine rings is 1. The predicted molar refractivity (Wildman–Crippen MR) is 133 cm³/mol. The first kappa shape index (κ1) is 21.7. The number of H-pyrrole nitrogens is 1. The summed E-state index contributed by atoms with van der Waals surface area (Å²) in [5.74, 6) is 0.625. The highest BCUT2D eigenvalue weighted by molar-refractivity contribution is 5.96. The van der Waals surface area contributed by atoms with Crippen LogP contribution in [-0.4, -0.2) is 28.4 Å². The largest absolute Gasteiger partial charge is 0.490 e. The van der Waals surface area contributed by atoms with Crippen molar-refractivity contribution >= 4 is 16.7 Å². The molecule has 2 aromatic carbocycles. The maximum atomic E-state index is 11.9. The molecule has 3 N–H and O–H groups in total. The van der Waals surface area contributed by atoms with Crippen LogP contribution in [0.2, 0.25) is 0 Å². The molecule has 0 saturated heterocycles. The Labute approximate surface area is 197 Å². The second-order valence-corrected chi connectivity index (χ2v) is 8.35. The minimum absolute atomic E-state index is 0.00956. The Balaban J connectivity index is 1.38. The summed E-state index contributed by atoms with van der Waals surface area (Å²) in [7, 11) is 0. The van der Waals surface area contributed by atoms with E-state index in [0.29, 0.717) is 24.3 Å². The maximum Gasteiger partial charge on any atom is 0.159 e. The Hall–Kier alpha value is -4.16. The Morgan fingerprint density at radius 3 is 2.82 bits per heavy atom. The molecule has 6 heteroatoms. The van der Waals surface area contributed by atoms with Gasteiger partial charge in [-0.25, -0.2) is 0 Å². The number of rotatable bonds is 8. The molecular weight excluding hydrogens is 426 g/mol. The van der Waals surface area contributed by atoms with Crippen molar-refractivity contribution < 1.29 is 13.9 Å². The highest BCUT2D eigenvalue weighted by Crippen LogP contribution is 2.34. The fraction of sp³-hybridized carbons (Fsp3) is 0.143. The molecule has 0 fully saturated rings. The number of aromatic nitrogens is 2. The van der Waals surface area contributed by atoms with Crippen LogP contribution >= 0.6 is 0 Å². The number of Topliss-reactive ketones (excluding diaryl/α,β-unsaturated/α-hetero) is 1. The molecule has 0 spiro atoms. The van der Waals surface area contributed by atoms with Gasteiger partial charge < -0.3 is 19.9 Å². The number of furan rings is 1. The second kappa shape index (κ2) is 9.37. The van der Waals surface area contributed by atoms with E-state index in [4.69, 9.17) is 14.9 Å². The summed E-state index contributed by atoms with van der Waals surface area (Å²) in [5, 5.41) is 1.18. The average molecular weight is 452 g/mol. The molecule has 0 bridgehead atoms. The number of para-hydroxylation sites is 1. The van der Waals surface area contributed by atoms with Gasteiger partial charge in [0.25, 0.3) is 0 Å². The number of nitrogens with one attached hydrogen (secondary N) is 1. The first-order chi connectivity index (χ1) is 16.6. The van der Waals surface area contributed by atoms with Crippen LogP contribution in [0.25, 0.3) is 33.3 Å². The van der Waals surface area contributed by atoms with Crippen LogP contribution in [-0.2, 0) is 6.42 Å². The minimum atomic E-state index is -0.183. The van der Waals surface area contributed by atoms with Gasteiger partial charge in [-0.15, -0.1) is 0 Å². The maximum absolute atomic E-state index is 11.9. The lowest BCUT2D eigenvalue weighted by Gasteiger charge is -2.15. The SMILES string of the molecule is CC(=O)c1cccc(-c2cc(OC[C@@H](N)Cc3c[nH]c4ccccc34)cnc2-c2ccoc2)c1. The van der Waals surface area contributed by atoms with Gasteiger partial charge in [-0.05, 0) is 48.7 Å². The first-order valence-electron chi connectivity index (χ1n) is 11.2. The Morgan fingerprint density at radius 1 is 1.12 bits per heavy atom. The number of ketones is 1. The third-order valence-electron chi connectivity index (χ3n) is 5.86. The highest BCUT2D eigenvalue weighted by atomic mass is 16.5. The van der Waals surface area contributed by atoms with Crippen molar-refractivity contribution in [3.8, 4) is 28.1 Å². The van der Waals surface area contributed by atoms with E-state index in [0.717, 1.165) is 27.9 Å². The molecule has 5 rings (SSSR count). The third-order valence-corrected chi connectivity index (χ3v) is 5.86. The number of nitrogens with zero attached hydrogens (tertiary/aromatic N) is 1. The van der Waals surface area contributed by atoms with Crippen LogP contribution in [0.4, 0.5) is 0 Å². The molecule has 34 heavy (non-hydrogen) atoms. The van der Waals surface area contributed by atoms with Crippen LogP contribution in [0.5, 0.6) is 5.75 Å². The van der Waals surface area contributed by atoms with Gasteiger partial charge in [0.2, 0.25) is 0 Å². The highest BCUT2D eigenvalue weighted by Gasteiger charge is 2.15. The van der Waals surface area contributed by atoms with Crippen molar-refractivity contribution in [3.63, 3.8) is 0 Å². The van der Waals surface area contributed by atoms with Gasteiger partial charge in [-0.3, -0.25) is 9.78 Å². The van der Waals surface area contributed by atoms with Crippen molar-refractivity contribution in [2.75, 3.05) is 6.61 Å². The minimum Gasteiger partial charge on any atom is -0.490 e. The molecular formula is C28H25N3O3. The lowest BCUT2D eigenvalue weighted by molar-refractivity contribution is 0.101. The smallest absolute Gasteiger partial charge is 0.159 e. The molecule has 6 nitrogen and oxygen atoms in total. The van der Waals surface area contributed by atoms with Gasteiger partial charge in [-0.2, -0.15) is 0 Å². The van der Waals surface area contributed by atoms with Crippen LogP contribution in [0, 0.1) is 0 Å². The Kier molecular flexibility index (Phi) is 5.97. The predicted octanol–water partition coefficient (Wildman–Crippen LogP) is 5.64. The third kappa shape index (κ3) is 4.49. The fourth-order valence-electron chi connectivity index (χ4n) is 4.12. The molecule has 0 aliphatic heterocycles. The molecule has 0 aliphatic rings. The van der Waals surface area contributed by atoms with E-state index in [1.54, 1.807) is 31.7 Å². The number of fused-ring (bicyclic) bond motifs is 1. The van der Waals surface area contributed by atoms with E-state index >= 15 is 0 Å². The summed E-state index contributed by atoms with van der Waals surface area (Å²) in [4.78, 5) is 19.9. The summed E-state index contributed by atoms with van der Waals surface area (Å²) < 4.78 is 11.3. The van der Waals surface area contributed by atoms with Gasteiger partial charge in [0.15, 0.2) is 5.78 Å². The number of aromatic amines is 1. The number of hydrogen-bond donors (Lipinski definition) is 2. The van der Waals surface area contributed by atoms with Crippen molar-refractivity contribution in [2.45, 2.75) is 19.4 Å². The molecule has 170 valence electrons. The molecule has 0 radical (unpaired) electrons. The van der Waals surface area contributed by atoms with Crippen LogP contribution < -0.4 is 10.5 Å². The Morgan fingerprint density at radius 2 is 2.00 bits per heavy atom. The summed E-state index contributed by atoms with van der Waals surface area (Å²) in [5.41, 5.74) is 12.7. The number of ether oxygens (including phenoxy) is 1. The molecule has 3 heterocycles. The standard InChI is InChI=1S/C28H25N3O3/c1-18(32)19-5-4-6-20(11-19)26-13-24(15-31-28(26)21-9-10-33-16-21)34-17-23(29)12-22-14-30-27-8-3-2-7-25(22)27/h2-11,13-16,23,30H,12,17,29H2,1H3/t23-/m0/s1. The lowest BCUT2D eigenvalue weighted by atomic mass is 9.98. The summed E-state index contributed by atoms with van der Waals surface area (Å²) >= 11 is 0. The number of nitrogens with two attached hydrogens (primary N) is 1. The molecule has 0 aliphatic carbocycles. The number of carbonyl (C=O) groups excluding carboxylic acids is 1. The average Bonchev–Trinajstić information content (AvgIpc) is 3.53. The number of carbonyl (C=O) groups is 1. The zero-order valence-electron chi connectivity index (χ0n) is 18.8. The van der Waals surface area contributed by atoms with E-state index in [1.165, 1.54) is 10.9 Å². The van der Waals surface area contributed by atoms with Crippen LogP contribution in [0.15, 0.2) is 90.0 Å². The second-order valence-electron chi connectivity index (χ2n) is 8.35. The first-order valence-corrected chi connectivity index (χ1v) is 11.2. The van der Waals surface area contributed by atoms with Gasteiger partial charge in [-0.1, -0.05) is 36.4 Å². The molecule has 3 aromatic heterocycles. The Bertz CT molecular complexity index is 1440. The zero-order valence-corrected chi connectivity index (χ0v) is 18.8. The lowest BCUT2D eigenvalue weighted by Crippen LogP contribution is -2.30. The van der Waals surface area contributed by atoms with E-state index in [1.807, 2.05) is 48.7 Å². The summed E-state index contributed by atoms with van der Waals surface area (Å²) in [6.07, 6.45) is 7.66. The van der Waals surface area contributed by atoms with Crippen molar-refractivity contribution in [3.05, 3.63) is 96.7 Å². The van der Waals surface area contributed by atoms with Crippen molar-refractivity contribution in [1.29, 1.82) is 0 Å². The zero-order chi connectivity index (χ0) is 23.5. The molecule has 1 atom stereocenters. The van der Waals surface area contributed by atoms with E-state index in [-0.39, 0.29) is 11.8 Å². The molecule has 0 saturated carbocycles.